The highest BCUT2D eigenvalue weighted by atomic mass is 32.1. The van der Waals surface area contributed by atoms with Crippen molar-refractivity contribution in [1.29, 1.82) is 5.26 Å². The summed E-state index contributed by atoms with van der Waals surface area (Å²) in [7, 11) is 0. The molecule has 3 rings (SSSR count). The zero-order chi connectivity index (χ0) is 18.5. The molecule has 1 aromatic heterocycles. The monoisotopic (exact) mass is 367 g/mol. The predicted octanol–water partition coefficient (Wildman–Crippen LogP) is 3.62. The number of hydrogen-bond acceptors (Lipinski definition) is 5. The summed E-state index contributed by atoms with van der Waals surface area (Å²) in [5, 5.41) is 16.2. The summed E-state index contributed by atoms with van der Waals surface area (Å²) < 4.78 is 5.68. The molecule has 0 unspecified atom stereocenters. The van der Waals surface area contributed by atoms with E-state index in [4.69, 9.17) is 4.74 Å². The molecule has 0 saturated heterocycles. The molecule has 1 aromatic carbocycles. The van der Waals surface area contributed by atoms with E-state index in [1.165, 1.54) is 17.4 Å². The summed E-state index contributed by atoms with van der Waals surface area (Å²) in [6, 6.07) is 8.07. The molecule has 1 aliphatic heterocycles. The average molecular weight is 367 g/mol. The fourth-order valence-electron chi connectivity index (χ4n) is 3.01. The first-order valence-electron chi connectivity index (χ1n) is 8.60. The van der Waals surface area contributed by atoms with Crippen molar-refractivity contribution in [2.75, 3.05) is 18.5 Å². The number of fused-ring (bicyclic) bond motifs is 1. The third-order valence-electron chi connectivity index (χ3n) is 4.22. The van der Waals surface area contributed by atoms with E-state index < -0.39 is 0 Å². The number of hydrogen-bond donors (Lipinski definition) is 2. The summed E-state index contributed by atoms with van der Waals surface area (Å²) in [4.78, 5) is 13.5. The summed E-state index contributed by atoms with van der Waals surface area (Å²) in [6.07, 6.45) is 4.05. The molecule has 1 amide bonds. The number of carbonyl (C=O) groups excluding carboxylic acids is 1. The molecule has 26 heavy (non-hydrogen) atoms. The van der Waals surface area contributed by atoms with Gasteiger partial charge in [-0.3, -0.25) is 4.79 Å². The normalized spacial score (nSPS) is 13.3. The Kier molecular flexibility index (Phi) is 5.71. The Bertz CT molecular complexity index is 893. The molecule has 1 aliphatic rings. The van der Waals surface area contributed by atoms with E-state index in [0.717, 1.165) is 46.8 Å². The van der Waals surface area contributed by atoms with Crippen LogP contribution in [0.2, 0.25) is 0 Å². The zero-order valence-corrected chi connectivity index (χ0v) is 15.7. The van der Waals surface area contributed by atoms with Crippen LogP contribution >= 0.6 is 11.3 Å². The zero-order valence-electron chi connectivity index (χ0n) is 14.9. The lowest BCUT2D eigenvalue weighted by atomic mass is 10.1. The second-order valence-electron chi connectivity index (χ2n) is 6.00. The van der Waals surface area contributed by atoms with Gasteiger partial charge >= 0.3 is 0 Å². The number of nitriles is 1. The third-order valence-corrected chi connectivity index (χ3v) is 5.37. The van der Waals surface area contributed by atoms with Crippen molar-refractivity contribution < 1.29 is 9.53 Å². The molecule has 134 valence electrons. The minimum absolute atomic E-state index is 0.253. The van der Waals surface area contributed by atoms with Gasteiger partial charge in [-0.05, 0) is 44.0 Å². The standard InChI is InChI=1S/C20H21N3O2S/c1-3-25-19-13(2)5-4-6-14(19)7-8-18(24)23-20-16(11-21)15-9-10-22-12-17(15)26-20/h4-8,22H,3,9-10,12H2,1-2H3,(H,23,24)/b8-7-. The number of ether oxygens (including phenoxy) is 1. The van der Waals surface area contributed by atoms with Gasteiger partial charge in [0.2, 0.25) is 5.91 Å². The van der Waals surface area contributed by atoms with Gasteiger partial charge in [0.25, 0.3) is 0 Å². The number of aryl methyl sites for hydroxylation is 1. The van der Waals surface area contributed by atoms with Crippen LogP contribution in [-0.2, 0) is 17.8 Å². The van der Waals surface area contributed by atoms with Crippen molar-refractivity contribution in [2.24, 2.45) is 0 Å². The van der Waals surface area contributed by atoms with E-state index in [0.29, 0.717) is 17.2 Å². The van der Waals surface area contributed by atoms with Gasteiger partial charge in [-0.2, -0.15) is 5.26 Å². The largest absolute Gasteiger partial charge is 0.493 e. The van der Waals surface area contributed by atoms with Gasteiger partial charge in [0.1, 0.15) is 16.8 Å². The molecular weight excluding hydrogens is 346 g/mol. The summed E-state index contributed by atoms with van der Waals surface area (Å²) >= 11 is 1.47. The molecule has 0 radical (unpaired) electrons. The average Bonchev–Trinajstić information content (AvgIpc) is 2.99. The molecule has 2 heterocycles. The van der Waals surface area contributed by atoms with Crippen LogP contribution in [0.1, 0.15) is 34.1 Å². The topological polar surface area (TPSA) is 74.1 Å². The molecule has 6 heteroatoms. The molecule has 0 fully saturated rings. The second kappa shape index (κ2) is 8.17. The predicted molar refractivity (Wildman–Crippen MR) is 104 cm³/mol. The van der Waals surface area contributed by atoms with Gasteiger partial charge in [0.15, 0.2) is 0 Å². The van der Waals surface area contributed by atoms with E-state index in [1.54, 1.807) is 6.08 Å². The van der Waals surface area contributed by atoms with Crippen LogP contribution in [0.4, 0.5) is 5.00 Å². The molecule has 0 spiro atoms. The number of para-hydroxylation sites is 1. The highest BCUT2D eigenvalue weighted by Gasteiger charge is 2.21. The maximum absolute atomic E-state index is 12.4. The highest BCUT2D eigenvalue weighted by Crippen LogP contribution is 2.34. The fourth-order valence-corrected chi connectivity index (χ4v) is 4.18. The lowest BCUT2D eigenvalue weighted by molar-refractivity contribution is -0.111. The fraction of sp³-hybridized carbons (Fsp3) is 0.300. The van der Waals surface area contributed by atoms with Crippen LogP contribution in [0.15, 0.2) is 24.3 Å². The first kappa shape index (κ1) is 18.2. The Labute approximate surface area is 157 Å². The third kappa shape index (κ3) is 3.79. The van der Waals surface area contributed by atoms with Gasteiger partial charge in [-0.15, -0.1) is 11.3 Å². The Morgan fingerprint density at radius 1 is 1.50 bits per heavy atom. The van der Waals surface area contributed by atoms with E-state index in [9.17, 15) is 10.1 Å². The van der Waals surface area contributed by atoms with E-state index in [-0.39, 0.29) is 5.91 Å². The van der Waals surface area contributed by atoms with Crippen molar-refractivity contribution >= 4 is 28.3 Å². The van der Waals surface area contributed by atoms with Crippen LogP contribution in [0.25, 0.3) is 6.08 Å². The number of benzene rings is 1. The molecule has 0 atom stereocenters. The summed E-state index contributed by atoms with van der Waals surface area (Å²) in [6.45, 7) is 6.09. The van der Waals surface area contributed by atoms with E-state index in [1.807, 2.05) is 32.0 Å². The molecule has 0 aliphatic carbocycles. The number of amides is 1. The van der Waals surface area contributed by atoms with Crippen LogP contribution < -0.4 is 15.4 Å². The number of nitrogens with one attached hydrogen (secondary N) is 2. The Morgan fingerprint density at radius 3 is 3.12 bits per heavy atom. The van der Waals surface area contributed by atoms with Crippen LogP contribution in [0.3, 0.4) is 0 Å². The van der Waals surface area contributed by atoms with Crippen molar-refractivity contribution in [3.8, 4) is 11.8 Å². The lowest BCUT2D eigenvalue weighted by Gasteiger charge is -2.11. The molecule has 2 aromatic rings. The van der Waals surface area contributed by atoms with Crippen molar-refractivity contribution in [3.63, 3.8) is 0 Å². The molecule has 0 bridgehead atoms. The Balaban J connectivity index is 1.78. The Morgan fingerprint density at radius 2 is 2.35 bits per heavy atom. The minimum atomic E-state index is -0.253. The van der Waals surface area contributed by atoms with E-state index in [2.05, 4.69) is 16.7 Å². The quantitative estimate of drug-likeness (QED) is 0.792. The van der Waals surface area contributed by atoms with Crippen LogP contribution in [0, 0.1) is 18.3 Å². The van der Waals surface area contributed by atoms with Crippen LogP contribution in [-0.4, -0.2) is 19.1 Å². The maximum atomic E-state index is 12.4. The minimum Gasteiger partial charge on any atom is -0.493 e. The molecule has 0 saturated carbocycles. The van der Waals surface area contributed by atoms with Gasteiger partial charge in [0, 0.05) is 23.1 Å². The van der Waals surface area contributed by atoms with Gasteiger partial charge in [0.05, 0.1) is 12.2 Å². The smallest absolute Gasteiger partial charge is 0.249 e. The number of nitrogens with zero attached hydrogens (tertiary/aromatic N) is 1. The van der Waals surface area contributed by atoms with Gasteiger partial charge in [-0.25, -0.2) is 0 Å². The first-order valence-corrected chi connectivity index (χ1v) is 9.42. The highest BCUT2D eigenvalue weighted by molar-refractivity contribution is 7.16. The second-order valence-corrected chi connectivity index (χ2v) is 7.10. The van der Waals surface area contributed by atoms with Crippen LogP contribution in [0.5, 0.6) is 5.75 Å². The lowest BCUT2D eigenvalue weighted by Crippen LogP contribution is -2.22. The molecular formula is C20H21N3O2S. The maximum Gasteiger partial charge on any atom is 0.249 e. The van der Waals surface area contributed by atoms with Gasteiger partial charge in [-0.1, -0.05) is 18.2 Å². The molecule has 2 N–H and O–H groups in total. The van der Waals surface area contributed by atoms with E-state index >= 15 is 0 Å². The van der Waals surface area contributed by atoms with Gasteiger partial charge < -0.3 is 15.4 Å². The summed E-state index contributed by atoms with van der Waals surface area (Å²) in [5.41, 5.74) is 3.54. The van der Waals surface area contributed by atoms with Crippen molar-refractivity contribution in [3.05, 3.63) is 51.4 Å². The number of thiophene rings is 1. The number of anilines is 1. The SMILES string of the molecule is CCOc1c(C)cccc1/C=C\C(=O)Nc1sc2c(c1C#N)CCNC2. The summed E-state index contributed by atoms with van der Waals surface area (Å²) in [5.74, 6) is 0.534. The first-order chi connectivity index (χ1) is 12.6. The Hall–Kier alpha value is -2.62. The molecule has 5 nitrogen and oxygen atoms in total. The van der Waals surface area contributed by atoms with Crippen molar-refractivity contribution in [1.82, 2.24) is 5.32 Å². The van der Waals surface area contributed by atoms with Crippen molar-refractivity contribution in [2.45, 2.75) is 26.8 Å². The number of rotatable bonds is 5. The number of carbonyl (C=O) groups is 1.